The second-order valence-electron chi connectivity index (χ2n) is 2.95. The number of pyridine rings is 1. The molecule has 0 saturated carbocycles. The van der Waals surface area contributed by atoms with Gasteiger partial charge in [-0.25, -0.2) is 4.98 Å². The van der Waals surface area contributed by atoms with Crippen LogP contribution < -0.4 is 0 Å². The number of aryl methyl sites for hydroxylation is 2. The molecule has 0 bridgehead atoms. The van der Waals surface area contributed by atoms with Gasteiger partial charge < -0.3 is 4.40 Å². The molecule has 0 spiro atoms. The van der Waals surface area contributed by atoms with Gasteiger partial charge in [0.25, 0.3) is 0 Å². The van der Waals surface area contributed by atoms with Crippen LogP contribution in [0.15, 0.2) is 24.5 Å². The van der Waals surface area contributed by atoms with Crippen molar-refractivity contribution in [3.05, 3.63) is 35.8 Å². The van der Waals surface area contributed by atoms with Gasteiger partial charge in [-0.2, -0.15) is 0 Å². The number of hydrogen-bond acceptors (Lipinski definition) is 1. The standard InChI is InChI=1S/C10H12N2/c1-3-9-4-5-10-11-6-7-12(10)8(9)2/h4-7H,3H2,1-2H3. The van der Waals surface area contributed by atoms with Gasteiger partial charge in [-0.15, -0.1) is 0 Å². The number of aromatic nitrogens is 2. The molecule has 2 heterocycles. The van der Waals surface area contributed by atoms with E-state index in [1.54, 1.807) is 0 Å². The SMILES string of the molecule is CCc1ccc2nccn2c1C. The first kappa shape index (κ1) is 7.35. The lowest BCUT2D eigenvalue weighted by Crippen LogP contribution is -1.95. The molecule has 12 heavy (non-hydrogen) atoms. The Hall–Kier alpha value is -1.31. The minimum atomic E-state index is 1.03. The molecular formula is C10H12N2. The molecule has 0 unspecified atom stereocenters. The molecule has 2 aromatic heterocycles. The molecule has 0 amide bonds. The molecule has 0 fully saturated rings. The molecule has 2 aromatic rings. The van der Waals surface area contributed by atoms with E-state index in [4.69, 9.17) is 0 Å². The molecule has 62 valence electrons. The fourth-order valence-corrected chi connectivity index (χ4v) is 1.55. The molecule has 2 rings (SSSR count). The third-order valence-electron chi connectivity index (χ3n) is 2.31. The summed E-state index contributed by atoms with van der Waals surface area (Å²) < 4.78 is 2.12. The van der Waals surface area contributed by atoms with Crippen molar-refractivity contribution in [2.75, 3.05) is 0 Å². The van der Waals surface area contributed by atoms with Crippen LogP contribution in [0, 0.1) is 6.92 Å². The summed E-state index contributed by atoms with van der Waals surface area (Å²) in [6.07, 6.45) is 4.92. The fourth-order valence-electron chi connectivity index (χ4n) is 1.55. The Bertz CT molecular complexity index is 401. The van der Waals surface area contributed by atoms with E-state index in [0.29, 0.717) is 0 Å². The van der Waals surface area contributed by atoms with Gasteiger partial charge in [0, 0.05) is 18.1 Å². The van der Waals surface area contributed by atoms with E-state index >= 15 is 0 Å². The largest absolute Gasteiger partial charge is 0.304 e. The maximum absolute atomic E-state index is 4.22. The van der Waals surface area contributed by atoms with E-state index < -0.39 is 0 Å². The van der Waals surface area contributed by atoms with Crippen molar-refractivity contribution in [1.29, 1.82) is 0 Å². The van der Waals surface area contributed by atoms with Crippen LogP contribution in [0.3, 0.4) is 0 Å². The van der Waals surface area contributed by atoms with Crippen molar-refractivity contribution in [2.24, 2.45) is 0 Å². The zero-order chi connectivity index (χ0) is 8.55. The van der Waals surface area contributed by atoms with Crippen molar-refractivity contribution in [3.63, 3.8) is 0 Å². The van der Waals surface area contributed by atoms with Gasteiger partial charge in [-0.1, -0.05) is 13.0 Å². The first-order chi connectivity index (χ1) is 5.83. The van der Waals surface area contributed by atoms with Crippen LogP contribution in [0.4, 0.5) is 0 Å². The van der Waals surface area contributed by atoms with Crippen LogP contribution in [0.2, 0.25) is 0 Å². The Morgan fingerprint density at radius 3 is 3.00 bits per heavy atom. The van der Waals surface area contributed by atoms with Crippen molar-refractivity contribution in [2.45, 2.75) is 20.3 Å². The quantitative estimate of drug-likeness (QED) is 0.625. The van der Waals surface area contributed by atoms with E-state index in [0.717, 1.165) is 12.1 Å². The maximum Gasteiger partial charge on any atom is 0.136 e. The van der Waals surface area contributed by atoms with Gasteiger partial charge in [0.15, 0.2) is 0 Å². The lowest BCUT2D eigenvalue weighted by atomic mass is 10.1. The monoisotopic (exact) mass is 160 g/mol. The van der Waals surface area contributed by atoms with Gasteiger partial charge in [-0.05, 0) is 25.0 Å². The Morgan fingerprint density at radius 1 is 1.42 bits per heavy atom. The summed E-state index contributed by atoms with van der Waals surface area (Å²) in [6.45, 7) is 4.30. The Labute approximate surface area is 71.9 Å². The normalized spacial score (nSPS) is 10.8. The third kappa shape index (κ3) is 0.916. The van der Waals surface area contributed by atoms with E-state index in [1.165, 1.54) is 11.3 Å². The topological polar surface area (TPSA) is 17.3 Å². The van der Waals surface area contributed by atoms with E-state index in [-0.39, 0.29) is 0 Å². The molecule has 0 saturated heterocycles. The minimum absolute atomic E-state index is 1.03. The summed E-state index contributed by atoms with van der Waals surface area (Å²) >= 11 is 0. The predicted molar refractivity (Wildman–Crippen MR) is 49.3 cm³/mol. The summed E-state index contributed by atoms with van der Waals surface area (Å²) in [7, 11) is 0. The highest BCUT2D eigenvalue weighted by molar-refractivity contribution is 5.42. The second-order valence-corrected chi connectivity index (χ2v) is 2.95. The van der Waals surface area contributed by atoms with Crippen LogP contribution in [-0.2, 0) is 6.42 Å². The van der Waals surface area contributed by atoms with Gasteiger partial charge in [0.2, 0.25) is 0 Å². The summed E-state index contributed by atoms with van der Waals surface area (Å²) in [5, 5.41) is 0. The van der Waals surface area contributed by atoms with Crippen LogP contribution in [-0.4, -0.2) is 9.38 Å². The van der Waals surface area contributed by atoms with Crippen LogP contribution in [0.25, 0.3) is 5.65 Å². The molecular weight excluding hydrogens is 148 g/mol. The number of imidazole rings is 1. The van der Waals surface area contributed by atoms with Gasteiger partial charge in [-0.3, -0.25) is 0 Å². The number of nitrogens with zero attached hydrogens (tertiary/aromatic N) is 2. The zero-order valence-corrected chi connectivity index (χ0v) is 7.41. The number of hydrogen-bond donors (Lipinski definition) is 0. The van der Waals surface area contributed by atoms with Crippen LogP contribution in [0.5, 0.6) is 0 Å². The molecule has 2 heteroatoms. The molecule has 0 radical (unpaired) electrons. The van der Waals surface area contributed by atoms with Crippen molar-refractivity contribution in [1.82, 2.24) is 9.38 Å². The predicted octanol–water partition coefficient (Wildman–Crippen LogP) is 2.21. The van der Waals surface area contributed by atoms with Gasteiger partial charge in [0.1, 0.15) is 5.65 Å². The smallest absolute Gasteiger partial charge is 0.136 e. The Kier molecular flexibility index (Phi) is 1.61. The number of rotatable bonds is 1. The first-order valence-electron chi connectivity index (χ1n) is 4.24. The molecule has 2 nitrogen and oxygen atoms in total. The average Bonchev–Trinajstić information content (AvgIpc) is 2.53. The van der Waals surface area contributed by atoms with Crippen LogP contribution >= 0.6 is 0 Å². The van der Waals surface area contributed by atoms with Crippen molar-refractivity contribution >= 4 is 5.65 Å². The molecule has 0 aliphatic carbocycles. The highest BCUT2D eigenvalue weighted by Gasteiger charge is 2.00. The molecule has 0 aromatic carbocycles. The molecule has 0 aliphatic heterocycles. The van der Waals surface area contributed by atoms with E-state index in [1.807, 2.05) is 12.4 Å². The second kappa shape index (κ2) is 2.63. The summed E-state index contributed by atoms with van der Waals surface area (Å²) in [4.78, 5) is 4.22. The lowest BCUT2D eigenvalue weighted by Gasteiger charge is -2.04. The highest BCUT2D eigenvalue weighted by Crippen LogP contribution is 2.11. The average molecular weight is 160 g/mol. The molecule has 0 N–H and O–H groups in total. The van der Waals surface area contributed by atoms with Gasteiger partial charge >= 0.3 is 0 Å². The van der Waals surface area contributed by atoms with Gasteiger partial charge in [0.05, 0.1) is 0 Å². The first-order valence-corrected chi connectivity index (χ1v) is 4.24. The van der Waals surface area contributed by atoms with E-state index in [9.17, 15) is 0 Å². The zero-order valence-electron chi connectivity index (χ0n) is 7.41. The third-order valence-corrected chi connectivity index (χ3v) is 2.31. The fraction of sp³-hybridized carbons (Fsp3) is 0.300. The lowest BCUT2D eigenvalue weighted by molar-refractivity contribution is 1.00. The van der Waals surface area contributed by atoms with Crippen molar-refractivity contribution < 1.29 is 0 Å². The molecule has 0 aliphatic rings. The maximum atomic E-state index is 4.22. The van der Waals surface area contributed by atoms with Crippen LogP contribution in [0.1, 0.15) is 18.2 Å². The van der Waals surface area contributed by atoms with Crippen molar-refractivity contribution in [3.8, 4) is 0 Å². The number of fused-ring (bicyclic) bond motifs is 1. The summed E-state index contributed by atoms with van der Waals surface area (Å²) in [6, 6.07) is 4.21. The minimum Gasteiger partial charge on any atom is -0.304 e. The summed E-state index contributed by atoms with van der Waals surface area (Å²) in [5.74, 6) is 0. The van der Waals surface area contributed by atoms with E-state index in [2.05, 4.69) is 35.4 Å². The highest BCUT2D eigenvalue weighted by atomic mass is 15.0. The summed E-state index contributed by atoms with van der Waals surface area (Å²) in [5.41, 5.74) is 3.72. The molecule has 0 atom stereocenters. The Morgan fingerprint density at radius 2 is 2.25 bits per heavy atom. The Balaban J connectivity index is 2.78.